The van der Waals surface area contributed by atoms with E-state index in [1.165, 1.54) is 24.3 Å². The van der Waals surface area contributed by atoms with Crippen molar-refractivity contribution in [3.8, 4) is 0 Å². The van der Waals surface area contributed by atoms with Crippen LogP contribution in [0, 0.1) is 0 Å². The Hall–Kier alpha value is -3.09. The number of aromatic nitrogens is 2. The first kappa shape index (κ1) is 16.8. The summed E-state index contributed by atoms with van der Waals surface area (Å²) in [6.45, 7) is 0.230. The van der Waals surface area contributed by atoms with Gasteiger partial charge in [-0.3, -0.25) is 4.79 Å². The summed E-state index contributed by atoms with van der Waals surface area (Å²) in [7, 11) is 0. The molecule has 3 rings (SSSR count). The van der Waals surface area contributed by atoms with Crippen LogP contribution in [0.3, 0.4) is 0 Å². The fourth-order valence-electron chi connectivity index (χ4n) is 2.30. The highest BCUT2D eigenvalue weighted by molar-refractivity contribution is 5.91. The van der Waals surface area contributed by atoms with Gasteiger partial charge in [-0.2, -0.15) is 13.2 Å². The summed E-state index contributed by atoms with van der Waals surface area (Å²) < 4.78 is 39.8. The van der Waals surface area contributed by atoms with E-state index in [4.69, 9.17) is 0 Å². The summed E-state index contributed by atoms with van der Waals surface area (Å²) in [5, 5.41) is 2.65. The molecule has 1 amide bonds. The second-order valence-electron chi connectivity index (χ2n) is 5.37. The molecule has 0 unspecified atom stereocenters. The van der Waals surface area contributed by atoms with Crippen LogP contribution in [-0.4, -0.2) is 15.3 Å². The number of hydrogen-bond acceptors (Lipinski definition) is 2. The van der Waals surface area contributed by atoms with Crippen LogP contribution in [0.1, 0.15) is 16.8 Å². The van der Waals surface area contributed by atoms with Gasteiger partial charge in [0.15, 0.2) is 0 Å². The van der Waals surface area contributed by atoms with Crippen molar-refractivity contribution in [3.05, 3.63) is 77.8 Å². The second-order valence-corrected chi connectivity index (χ2v) is 5.37. The highest BCUT2D eigenvalue weighted by Gasteiger charge is 2.30. The molecule has 0 aliphatic rings. The lowest BCUT2D eigenvalue weighted by Gasteiger charge is -2.06. The molecule has 1 aromatic carbocycles. The van der Waals surface area contributed by atoms with Crippen molar-refractivity contribution in [2.75, 3.05) is 0 Å². The van der Waals surface area contributed by atoms with Crippen LogP contribution in [-0.2, 0) is 17.5 Å². The Kier molecular flexibility index (Phi) is 4.56. The van der Waals surface area contributed by atoms with Crippen LogP contribution in [0.15, 0.2) is 60.9 Å². The van der Waals surface area contributed by atoms with E-state index < -0.39 is 17.6 Å². The van der Waals surface area contributed by atoms with Gasteiger partial charge in [-0.1, -0.05) is 18.2 Å². The number of fused-ring (bicyclic) bond motifs is 1. The Balaban J connectivity index is 1.61. The highest BCUT2D eigenvalue weighted by atomic mass is 19.4. The second kappa shape index (κ2) is 6.80. The zero-order chi connectivity index (χ0) is 17.9. The molecule has 0 bridgehead atoms. The van der Waals surface area contributed by atoms with Crippen molar-refractivity contribution in [2.24, 2.45) is 0 Å². The van der Waals surface area contributed by atoms with Crippen molar-refractivity contribution < 1.29 is 18.0 Å². The first-order valence-corrected chi connectivity index (χ1v) is 7.47. The molecule has 7 heteroatoms. The van der Waals surface area contributed by atoms with Crippen molar-refractivity contribution in [2.45, 2.75) is 12.7 Å². The van der Waals surface area contributed by atoms with E-state index >= 15 is 0 Å². The SMILES string of the molecule is O=C(/C=C/c1cccc(C(F)(F)F)c1)NCc1cn2ccccc2n1. The molecule has 0 fully saturated rings. The molecule has 4 nitrogen and oxygen atoms in total. The van der Waals surface area contributed by atoms with Crippen LogP contribution in [0.4, 0.5) is 13.2 Å². The number of alkyl halides is 3. The summed E-state index contributed by atoms with van der Waals surface area (Å²) in [5.41, 5.74) is 1.01. The quantitative estimate of drug-likeness (QED) is 0.733. The summed E-state index contributed by atoms with van der Waals surface area (Å²) in [6, 6.07) is 10.4. The standard InChI is InChI=1S/C18H14F3N3O/c19-18(20,21)14-5-3-4-13(10-14)7-8-17(25)22-11-15-12-24-9-2-1-6-16(24)23-15/h1-10,12H,11H2,(H,22,25)/b8-7+. The number of rotatable bonds is 4. The fraction of sp³-hybridized carbons (Fsp3) is 0.111. The van der Waals surface area contributed by atoms with Gasteiger partial charge in [0, 0.05) is 18.5 Å². The fourth-order valence-corrected chi connectivity index (χ4v) is 2.30. The molecule has 128 valence electrons. The molecule has 0 radical (unpaired) electrons. The van der Waals surface area contributed by atoms with Crippen LogP contribution in [0.5, 0.6) is 0 Å². The third-order valence-corrected chi connectivity index (χ3v) is 3.50. The molecule has 0 spiro atoms. The highest BCUT2D eigenvalue weighted by Crippen LogP contribution is 2.29. The molecule has 3 aromatic rings. The lowest BCUT2D eigenvalue weighted by atomic mass is 10.1. The first-order chi connectivity index (χ1) is 11.9. The van der Waals surface area contributed by atoms with Crippen molar-refractivity contribution >= 4 is 17.6 Å². The van der Waals surface area contributed by atoms with Gasteiger partial charge in [-0.15, -0.1) is 0 Å². The zero-order valence-corrected chi connectivity index (χ0v) is 13.0. The minimum Gasteiger partial charge on any atom is -0.347 e. The van der Waals surface area contributed by atoms with Gasteiger partial charge in [0.25, 0.3) is 0 Å². The number of nitrogens with one attached hydrogen (secondary N) is 1. The molecule has 2 aromatic heterocycles. The Morgan fingerprint density at radius 2 is 2.04 bits per heavy atom. The van der Waals surface area contributed by atoms with Gasteiger partial charge in [0.2, 0.25) is 5.91 Å². The molecule has 1 N–H and O–H groups in total. The zero-order valence-electron chi connectivity index (χ0n) is 13.0. The number of imidazole rings is 1. The number of halogens is 3. The third-order valence-electron chi connectivity index (χ3n) is 3.50. The lowest BCUT2D eigenvalue weighted by Crippen LogP contribution is -2.20. The number of pyridine rings is 1. The maximum atomic E-state index is 12.7. The number of carbonyl (C=O) groups excluding carboxylic acids is 1. The molecule has 0 aliphatic carbocycles. The summed E-state index contributed by atoms with van der Waals surface area (Å²) >= 11 is 0. The summed E-state index contributed by atoms with van der Waals surface area (Å²) in [4.78, 5) is 16.2. The third kappa shape index (κ3) is 4.26. The molecule has 0 saturated carbocycles. The molecule has 0 saturated heterocycles. The molecule has 0 atom stereocenters. The van der Waals surface area contributed by atoms with Crippen molar-refractivity contribution in [3.63, 3.8) is 0 Å². The van der Waals surface area contributed by atoms with Crippen LogP contribution >= 0.6 is 0 Å². The maximum absolute atomic E-state index is 12.7. The largest absolute Gasteiger partial charge is 0.416 e. The van der Waals surface area contributed by atoms with Crippen LogP contribution in [0.2, 0.25) is 0 Å². The summed E-state index contributed by atoms with van der Waals surface area (Å²) in [6.07, 6.45) is 1.78. The van der Waals surface area contributed by atoms with E-state index in [2.05, 4.69) is 10.3 Å². The normalized spacial score (nSPS) is 12.0. The van der Waals surface area contributed by atoms with E-state index in [0.717, 1.165) is 17.8 Å². The Morgan fingerprint density at radius 1 is 1.20 bits per heavy atom. The maximum Gasteiger partial charge on any atom is 0.416 e. The number of carbonyl (C=O) groups is 1. The summed E-state index contributed by atoms with van der Waals surface area (Å²) in [5.74, 6) is -0.408. The Bertz CT molecular complexity index is 895. The number of amides is 1. The molecule has 0 aliphatic heterocycles. The van der Waals surface area contributed by atoms with Gasteiger partial charge in [0.05, 0.1) is 17.8 Å². The number of benzene rings is 1. The molecular formula is C18H14F3N3O. The molecular weight excluding hydrogens is 331 g/mol. The van der Waals surface area contributed by atoms with Crippen molar-refractivity contribution in [1.82, 2.24) is 14.7 Å². The van der Waals surface area contributed by atoms with Gasteiger partial charge >= 0.3 is 6.18 Å². The van der Waals surface area contributed by atoms with Gasteiger partial charge in [-0.25, -0.2) is 4.98 Å². The van der Waals surface area contributed by atoms with Gasteiger partial charge < -0.3 is 9.72 Å². The van der Waals surface area contributed by atoms with E-state index in [9.17, 15) is 18.0 Å². The predicted octanol–water partition coefficient (Wildman–Crippen LogP) is 3.68. The average molecular weight is 345 g/mol. The molecule has 25 heavy (non-hydrogen) atoms. The van der Waals surface area contributed by atoms with E-state index in [1.54, 1.807) is 6.20 Å². The van der Waals surface area contributed by atoms with Gasteiger partial charge in [0.1, 0.15) is 5.65 Å². The van der Waals surface area contributed by atoms with Gasteiger partial charge in [-0.05, 0) is 35.9 Å². The number of nitrogens with zero attached hydrogens (tertiary/aromatic N) is 2. The Labute approximate surface area is 141 Å². The lowest BCUT2D eigenvalue weighted by molar-refractivity contribution is -0.137. The Morgan fingerprint density at radius 3 is 2.80 bits per heavy atom. The average Bonchev–Trinajstić information content (AvgIpc) is 3.00. The van der Waals surface area contributed by atoms with E-state index in [0.29, 0.717) is 11.3 Å². The minimum absolute atomic E-state index is 0.230. The van der Waals surface area contributed by atoms with E-state index in [1.807, 2.05) is 28.8 Å². The first-order valence-electron chi connectivity index (χ1n) is 7.47. The monoisotopic (exact) mass is 345 g/mol. The topological polar surface area (TPSA) is 46.4 Å². The van der Waals surface area contributed by atoms with E-state index in [-0.39, 0.29) is 6.54 Å². The predicted molar refractivity (Wildman–Crippen MR) is 87.5 cm³/mol. The number of hydrogen-bond donors (Lipinski definition) is 1. The minimum atomic E-state index is -4.41. The smallest absolute Gasteiger partial charge is 0.347 e. The molecule has 2 heterocycles. The van der Waals surface area contributed by atoms with Crippen LogP contribution < -0.4 is 5.32 Å². The van der Waals surface area contributed by atoms with Crippen LogP contribution in [0.25, 0.3) is 11.7 Å². The van der Waals surface area contributed by atoms with Crippen molar-refractivity contribution in [1.29, 1.82) is 0 Å².